The molecule has 1 atom stereocenters. The molecule has 0 radical (unpaired) electrons. The molecule has 0 fully saturated rings. The summed E-state index contributed by atoms with van der Waals surface area (Å²) < 4.78 is 9.21. The van der Waals surface area contributed by atoms with Crippen molar-refractivity contribution in [2.75, 3.05) is 25.2 Å². The van der Waals surface area contributed by atoms with Crippen LogP contribution in [0.3, 0.4) is 0 Å². The predicted molar refractivity (Wildman–Crippen MR) is 84.1 cm³/mol. The van der Waals surface area contributed by atoms with Crippen LogP contribution in [0, 0.1) is 5.92 Å². The molecule has 6 nitrogen and oxygen atoms in total. The van der Waals surface area contributed by atoms with Crippen LogP contribution in [-0.4, -0.2) is 49.0 Å². The molecule has 0 aromatic rings. The molecule has 0 rings (SSSR count). The summed E-state index contributed by atoms with van der Waals surface area (Å²) in [5.41, 5.74) is 0. The standard InChI is InChI=1S/C7H12O3.C6H9BrO2.CH2O.HI.K/c1-3-6(5-8)7(9)10-4-2;1-2-9-6(8)4-3-5-7;1-2;;/h3,6,8H,1,4-5H2,2H3;3-4H,2,5H2,1H3;1H2;1H;/q;;;;+1/p-1. The second-order valence-corrected chi connectivity index (χ2v) is 3.73. The van der Waals surface area contributed by atoms with E-state index in [4.69, 9.17) is 9.90 Å². The van der Waals surface area contributed by atoms with E-state index in [9.17, 15) is 9.59 Å². The van der Waals surface area contributed by atoms with Gasteiger partial charge in [-0.25, -0.2) is 4.79 Å². The summed E-state index contributed by atoms with van der Waals surface area (Å²) >= 11 is 3.13. The van der Waals surface area contributed by atoms with Crippen LogP contribution in [0.4, 0.5) is 0 Å². The molecule has 0 aromatic heterocycles. The Kier molecular flexibility index (Phi) is 46.9. The van der Waals surface area contributed by atoms with Crippen molar-refractivity contribution in [3.05, 3.63) is 24.8 Å². The molecular formula is C14H23BrIKO6. The molecule has 1 N–H and O–H groups in total. The summed E-state index contributed by atoms with van der Waals surface area (Å²) in [5.74, 6) is -1.27. The zero-order valence-corrected chi connectivity index (χ0v) is 20.7. The van der Waals surface area contributed by atoms with Crippen molar-refractivity contribution >= 4 is 34.7 Å². The molecule has 0 aromatic carbocycles. The zero-order valence-electron chi connectivity index (χ0n) is 13.8. The fourth-order valence-corrected chi connectivity index (χ4v) is 1.01. The first kappa shape index (κ1) is 35.1. The Morgan fingerprint density at radius 1 is 1.22 bits per heavy atom. The van der Waals surface area contributed by atoms with Crippen LogP contribution in [0.2, 0.25) is 0 Å². The van der Waals surface area contributed by atoms with Crippen molar-refractivity contribution in [2.24, 2.45) is 5.92 Å². The van der Waals surface area contributed by atoms with Crippen molar-refractivity contribution < 1.29 is 104 Å². The maximum absolute atomic E-state index is 10.8. The summed E-state index contributed by atoms with van der Waals surface area (Å²) in [6.07, 6.45) is 4.47. The summed E-state index contributed by atoms with van der Waals surface area (Å²) in [6.45, 7) is 9.41. The van der Waals surface area contributed by atoms with Gasteiger partial charge in [0.2, 0.25) is 0 Å². The SMILES string of the molecule is C=CC(CO)C(=O)OCC.C=O.CCOC(=O)C=CCBr.[I-].[K+]. The van der Waals surface area contributed by atoms with Gasteiger partial charge in [0.25, 0.3) is 0 Å². The maximum Gasteiger partial charge on any atom is 1.00 e. The molecule has 23 heavy (non-hydrogen) atoms. The van der Waals surface area contributed by atoms with Gasteiger partial charge < -0.3 is 43.4 Å². The summed E-state index contributed by atoms with van der Waals surface area (Å²) in [6, 6.07) is 0. The van der Waals surface area contributed by atoms with Gasteiger partial charge in [0, 0.05) is 11.4 Å². The third-order valence-corrected chi connectivity index (χ3v) is 2.07. The first-order chi connectivity index (χ1) is 10.1. The van der Waals surface area contributed by atoms with E-state index < -0.39 is 11.9 Å². The van der Waals surface area contributed by atoms with Crippen LogP contribution < -0.4 is 75.4 Å². The molecule has 0 aliphatic rings. The molecule has 0 saturated heterocycles. The zero-order chi connectivity index (χ0) is 17.1. The predicted octanol–water partition coefficient (Wildman–Crippen LogP) is -4.33. The van der Waals surface area contributed by atoms with Gasteiger partial charge in [0.1, 0.15) is 6.79 Å². The summed E-state index contributed by atoms with van der Waals surface area (Å²) in [5, 5.41) is 9.24. The molecule has 0 saturated carbocycles. The van der Waals surface area contributed by atoms with Gasteiger partial charge in [-0.2, -0.15) is 0 Å². The Bertz CT molecular complexity index is 316. The number of hydrogen-bond acceptors (Lipinski definition) is 6. The molecule has 1 unspecified atom stereocenters. The van der Waals surface area contributed by atoms with Crippen molar-refractivity contribution in [3.8, 4) is 0 Å². The van der Waals surface area contributed by atoms with E-state index in [0.717, 1.165) is 0 Å². The molecular weight excluding hydrogens is 510 g/mol. The van der Waals surface area contributed by atoms with E-state index in [1.54, 1.807) is 19.9 Å². The Labute approximate surface area is 206 Å². The number of carbonyl (C=O) groups excluding carboxylic acids is 3. The number of hydrogen-bond donors (Lipinski definition) is 1. The molecule has 130 valence electrons. The Morgan fingerprint density at radius 2 is 1.70 bits per heavy atom. The minimum absolute atomic E-state index is 0. The van der Waals surface area contributed by atoms with E-state index in [2.05, 4.69) is 32.0 Å². The number of ether oxygens (including phenoxy) is 2. The monoisotopic (exact) mass is 532 g/mol. The number of esters is 2. The molecule has 0 bridgehead atoms. The number of aliphatic hydroxyl groups is 1. The van der Waals surface area contributed by atoms with E-state index >= 15 is 0 Å². The van der Waals surface area contributed by atoms with Gasteiger partial charge in [-0.1, -0.05) is 28.1 Å². The van der Waals surface area contributed by atoms with Crippen LogP contribution in [0.15, 0.2) is 24.8 Å². The van der Waals surface area contributed by atoms with Crippen molar-refractivity contribution in [1.29, 1.82) is 0 Å². The van der Waals surface area contributed by atoms with Gasteiger partial charge in [-0.15, -0.1) is 6.58 Å². The first-order valence-electron chi connectivity index (χ1n) is 6.15. The van der Waals surface area contributed by atoms with Crippen molar-refractivity contribution in [2.45, 2.75) is 13.8 Å². The fourth-order valence-electron chi connectivity index (χ4n) is 0.826. The summed E-state index contributed by atoms with van der Waals surface area (Å²) in [4.78, 5) is 29.2. The summed E-state index contributed by atoms with van der Waals surface area (Å²) in [7, 11) is 0. The van der Waals surface area contributed by atoms with Gasteiger partial charge in [-0.05, 0) is 13.8 Å². The largest absolute Gasteiger partial charge is 1.00 e. The number of rotatable bonds is 7. The van der Waals surface area contributed by atoms with Crippen molar-refractivity contribution in [3.63, 3.8) is 0 Å². The van der Waals surface area contributed by atoms with Gasteiger partial charge in [-0.3, -0.25) is 4.79 Å². The number of aliphatic hydroxyl groups excluding tert-OH is 1. The average Bonchev–Trinajstić information content (AvgIpc) is 2.50. The normalized spacial score (nSPS) is 9.39. The van der Waals surface area contributed by atoms with Crippen LogP contribution in [0.25, 0.3) is 0 Å². The van der Waals surface area contributed by atoms with Gasteiger partial charge in [0.05, 0.1) is 25.7 Å². The third-order valence-electron chi connectivity index (χ3n) is 1.70. The minimum Gasteiger partial charge on any atom is -1.00 e. The second kappa shape index (κ2) is 30.7. The van der Waals surface area contributed by atoms with Crippen LogP contribution in [0.5, 0.6) is 0 Å². The van der Waals surface area contributed by atoms with Crippen LogP contribution >= 0.6 is 15.9 Å². The number of carbonyl (C=O) groups is 3. The Morgan fingerprint density at radius 3 is 2.00 bits per heavy atom. The second-order valence-electron chi connectivity index (χ2n) is 3.09. The smallest absolute Gasteiger partial charge is 1.00 e. The van der Waals surface area contributed by atoms with Crippen LogP contribution in [0.1, 0.15) is 13.8 Å². The van der Waals surface area contributed by atoms with E-state index in [1.807, 2.05) is 6.79 Å². The molecule has 9 heteroatoms. The van der Waals surface area contributed by atoms with Gasteiger partial charge in [0.15, 0.2) is 0 Å². The Balaban J connectivity index is -0.0000000787. The number of alkyl halides is 1. The van der Waals surface area contributed by atoms with E-state index in [-0.39, 0.29) is 87.9 Å². The third kappa shape index (κ3) is 28.0. The average molecular weight is 533 g/mol. The number of halogens is 2. The van der Waals surface area contributed by atoms with Gasteiger partial charge >= 0.3 is 63.3 Å². The van der Waals surface area contributed by atoms with Crippen molar-refractivity contribution in [1.82, 2.24) is 0 Å². The molecule has 0 aliphatic heterocycles. The topological polar surface area (TPSA) is 89.9 Å². The number of allylic oxidation sites excluding steroid dienone is 1. The molecule has 0 amide bonds. The van der Waals surface area contributed by atoms with E-state index in [0.29, 0.717) is 18.5 Å². The minimum atomic E-state index is -0.569. The quantitative estimate of drug-likeness (QED) is 0.0890. The molecule has 0 aliphatic carbocycles. The molecule has 0 spiro atoms. The Hall–Kier alpha value is 0.896. The van der Waals surface area contributed by atoms with E-state index in [1.165, 1.54) is 12.2 Å². The maximum atomic E-state index is 10.8. The first-order valence-corrected chi connectivity index (χ1v) is 7.27. The van der Waals surface area contributed by atoms with Crippen LogP contribution in [-0.2, 0) is 23.9 Å². The fraction of sp³-hybridized carbons (Fsp3) is 0.500. The molecule has 0 heterocycles.